The van der Waals surface area contributed by atoms with Crippen LogP contribution in [0, 0.1) is 12.8 Å². The normalized spacial score (nSPS) is 23.7. The molecule has 4 rings (SSSR count). The minimum Gasteiger partial charge on any atom is -0.442 e. The van der Waals surface area contributed by atoms with Crippen LogP contribution in [0.15, 0.2) is 71.6 Å². The molecule has 0 radical (unpaired) electrons. The Labute approximate surface area is 164 Å². The van der Waals surface area contributed by atoms with Crippen molar-refractivity contribution in [3.63, 3.8) is 0 Å². The third-order valence-corrected chi connectivity index (χ3v) is 6.78. The number of hydrogen-bond acceptors (Lipinski definition) is 5. The first-order chi connectivity index (χ1) is 13.5. The summed E-state index contributed by atoms with van der Waals surface area (Å²) in [6.07, 6.45) is 2.18. The lowest BCUT2D eigenvalue weighted by Gasteiger charge is -2.20. The second-order valence-electron chi connectivity index (χ2n) is 7.00. The Bertz CT molecular complexity index is 985. The quantitative estimate of drug-likeness (QED) is 0.697. The molecule has 28 heavy (non-hydrogen) atoms. The van der Waals surface area contributed by atoms with Crippen LogP contribution in [0.3, 0.4) is 0 Å². The van der Waals surface area contributed by atoms with Gasteiger partial charge in [-0.15, -0.1) is 0 Å². The number of carbonyl (C=O) groups excluding carboxylic acids is 1. The summed E-state index contributed by atoms with van der Waals surface area (Å²) in [6, 6.07) is 15.5. The molecule has 1 fully saturated rings. The van der Waals surface area contributed by atoms with Crippen molar-refractivity contribution in [3.8, 4) is 0 Å². The van der Waals surface area contributed by atoms with E-state index in [2.05, 4.69) is 0 Å². The van der Waals surface area contributed by atoms with Crippen LogP contribution < -0.4 is 0 Å². The predicted octanol–water partition coefficient (Wildman–Crippen LogP) is 3.28. The van der Waals surface area contributed by atoms with Crippen LogP contribution in [0.5, 0.6) is 0 Å². The number of nitrogens with zero attached hydrogens (tertiary/aromatic N) is 1. The monoisotopic (exact) mass is 399 g/mol. The fourth-order valence-corrected chi connectivity index (χ4v) is 4.96. The summed E-state index contributed by atoms with van der Waals surface area (Å²) < 4.78 is 37.9. The molecule has 0 N–H and O–H groups in total. The zero-order valence-corrected chi connectivity index (χ0v) is 16.2. The van der Waals surface area contributed by atoms with E-state index in [1.54, 1.807) is 18.2 Å². The summed E-state index contributed by atoms with van der Waals surface area (Å²) in [6.45, 7) is 2.66. The number of aryl methyl sites for hydroxylation is 1. The summed E-state index contributed by atoms with van der Waals surface area (Å²) in [7, 11) is -3.98. The number of benzene rings is 2. The van der Waals surface area contributed by atoms with E-state index < -0.39 is 28.3 Å². The Morgan fingerprint density at radius 1 is 1.04 bits per heavy atom. The second kappa shape index (κ2) is 7.41. The van der Waals surface area contributed by atoms with Gasteiger partial charge in [-0.2, -0.15) is 4.31 Å². The molecule has 0 aromatic heterocycles. The Balaban J connectivity index is 1.45. The van der Waals surface area contributed by atoms with Gasteiger partial charge < -0.3 is 9.47 Å². The predicted molar refractivity (Wildman–Crippen MR) is 103 cm³/mol. The molecule has 0 bridgehead atoms. The summed E-state index contributed by atoms with van der Waals surface area (Å²) in [4.78, 5) is 12.4. The van der Waals surface area contributed by atoms with Crippen molar-refractivity contribution in [2.75, 3.05) is 6.61 Å². The van der Waals surface area contributed by atoms with E-state index in [0.717, 1.165) is 15.4 Å². The van der Waals surface area contributed by atoms with E-state index in [4.69, 9.17) is 9.47 Å². The van der Waals surface area contributed by atoms with Gasteiger partial charge in [-0.05, 0) is 24.6 Å². The van der Waals surface area contributed by atoms with E-state index in [9.17, 15) is 13.2 Å². The Morgan fingerprint density at radius 3 is 2.46 bits per heavy atom. The highest BCUT2D eigenvalue weighted by atomic mass is 32.2. The smallest absolute Gasteiger partial charge is 0.424 e. The maximum atomic E-state index is 13.0. The Kier molecular flexibility index (Phi) is 4.95. The SMILES string of the molecule is Cc1ccc(S(=O)(=O)N2C(=O)OC3[C@H]2C=C[C@H]3COCc2ccccc2)cc1. The van der Waals surface area contributed by atoms with Crippen LogP contribution in [0.2, 0.25) is 0 Å². The van der Waals surface area contributed by atoms with Crippen LogP contribution in [0.1, 0.15) is 11.1 Å². The summed E-state index contributed by atoms with van der Waals surface area (Å²) in [5.41, 5.74) is 1.99. The first-order valence-electron chi connectivity index (χ1n) is 9.08. The highest BCUT2D eigenvalue weighted by molar-refractivity contribution is 7.89. The lowest BCUT2D eigenvalue weighted by molar-refractivity contribution is 0.0477. The topological polar surface area (TPSA) is 72.9 Å². The minimum absolute atomic E-state index is 0.0767. The van der Waals surface area contributed by atoms with Crippen LogP contribution in [-0.2, 0) is 26.1 Å². The second-order valence-corrected chi connectivity index (χ2v) is 8.82. The third kappa shape index (κ3) is 3.43. The average Bonchev–Trinajstić information content (AvgIpc) is 3.21. The Hall–Kier alpha value is -2.64. The van der Waals surface area contributed by atoms with Gasteiger partial charge in [0.2, 0.25) is 0 Å². The van der Waals surface area contributed by atoms with E-state index in [1.807, 2.05) is 43.3 Å². The number of amides is 1. The molecule has 7 heteroatoms. The third-order valence-electron chi connectivity index (χ3n) is 5.00. The number of ether oxygens (including phenoxy) is 2. The van der Waals surface area contributed by atoms with Gasteiger partial charge in [0.25, 0.3) is 10.0 Å². The molecule has 0 spiro atoms. The van der Waals surface area contributed by atoms with Crippen molar-refractivity contribution in [3.05, 3.63) is 77.9 Å². The maximum absolute atomic E-state index is 13.0. The van der Waals surface area contributed by atoms with Gasteiger partial charge in [0.05, 0.1) is 18.1 Å². The molecule has 1 aliphatic carbocycles. The molecule has 1 aliphatic heterocycles. The highest BCUT2D eigenvalue weighted by Gasteiger charge is 2.52. The van der Waals surface area contributed by atoms with Crippen LogP contribution in [0.4, 0.5) is 4.79 Å². The van der Waals surface area contributed by atoms with Crippen LogP contribution >= 0.6 is 0 Å². The molecule has 0 saturated carbocycles. The van der Waals surface area contributed by atoms with Crippen LogP contribution in [0.25, 0.3) is 0 Å². The van der Waals surface area contributed by atoms with Crippen molar-refractivity contribution >= 4 is 16.1 Å². The van der Waals surface area contributed by atoms with Crippen molar-refractivity contribution < 1.29 is 22.7 Å². The number of hydrogen-bond donors (Lipinski definition) is 0. The van der Waals surface area contributed by atoms with Crippen molar-refractivity contribution in [2.24, 2.45) is 5.92 Å². The molecule has 2 aliphatic rings. The molecule has 3 atom stereocenters. The fourth-order valence-electron chi connectivity index (χ4n) is 3.51. The highest BCUT2D eigenvalue weighted by Crippen LogP contribution is 2.36. The van der Waals surface area contributed by atoms with E-state index in [1.165, 1.54) is 12.1 Å². The summed E-state index contributed by atoms with van der Waals surface area (Å²) >= 11 is 0. The maximum Gasteiger partial charge on any atom is 0.424 e. The van der Waals surface area contributed by atoms with Gasteiger partial charge >= 0.3 is 6.09 Å². The van der Waals surface area contributed by atoms with Crippen molar-refractivity contribution in [1.82, 2.24) is 4.31 Å². The Morgan fingerprint density at radius 2 is 1.75 bits per heavy atom. The fraction of sp³-hybridized carbons (Fsp3) is 0.286. The van der Waals surface area contributed by atoms with E-state index in [0.29, 0.717) is 13.2 Å². The first-order valence-corrected chi connectivity index (χ1v) is 10.5. The van der Waals surface area contributed by atoms with Crippen molar-refractivity contribution in [2.45, 2.75) is 30.6 Å². The molecular formula is C21H21NO5S. The molecule has 6 nitrogen and oxygen atoms in total. The van der Waals surface area contributed by atoms with Gasteiger partial charge in [0.15, 0.2) is 0 Å². The molecule has 146 valence electrons. The molecule has 1 saturated heterocycles. The lowest BCUT2D eigenvalue weighted by atomic mass is 10.1. The van der Waals surface area contributed by atoms with Crippen molar-refractivity contribution in [1.29, 1.82) is 0 Å². The van der Waals surface area contributed by atoms with Gasteiger partial charge in [-0.25, -0.2) is 13.2 Å². The lowest BCUT2D eigenvalue weighted by Crippen LogP contribution is -2.39. The number of rotatable bonds is 6. The van der Waals surface area contributed by atoms with E-state index >= 15 is 0 Å². The zero-order valence-electron chi connectivity index (χ0n) is 15.4. The van der Waals surface area contributed by atoms with E-state index in [-0.39, 0.29) is 10.8 Å². The largest absolute Gasteiger partial charge is 0.442 e. The molecular weight excluding hydrogens is 378 g/mol. The van der Waals surface area contributed by atoms with Crippen LogP contribution in [-0.4, -0.2) is 37.6 Å². The molecule has 1 amide bonds. The standard InChI is InChI=1S/C21H21NO5S/c1-15-7-10-18(11-8-15)28(24,25)22-19-12-9-17(20(19)27-21(22)23)14-26-13-16-5-3-2-4-6-16/h2-12,17,19-20H,13-14H2,1H3/t17-,19+,20?/m0/s1. The summed E-state index contributed by atoms with van der Waals surface area (Å²) in [5.74, 6) is -0.184. The summed E-state index contributed by atoms with van der Waals surface area (Å²) in [5, 5.41) is 0. The number of sulfonamides is 1. The first kappa shape index (κ1) is 18.7. The number of fused-ring (bicyclic) bond motifs is 1. The molecule has 2 aromatic rings. The average molecular weight is 399 g/mol. The van der Waals surface area contributed by atoms with Gasteiger partial charge in [-0.1, -0.05) is 60.2 Å². The molecule has 1 heterocycles. The zero-order chi connectivity index (χ0) is 19.7. The van der Waals surface area contributed by atoms with Gasteiger partial charge in [0.1, 0.15) is 12.1 Å². The van der Waals surface area contributed by atoms with Gasteiger partial charge in [0, 0.05) is 5.92 Å². The molecule has 2 aromatic carbocycles. The minimum atomic E-state index is -3.98. The molecule has 1 unspecified atom stereocenters. The number of carbonyl (C=O) groups is 1. The van der Waals surface area contributed by atoms with Gasteiger partial charge in [-0.3, -0.25) is 0 Å².